The Labute approximate surface area is 131 Å². The second-order valence-corrected chi connectivity index (χ2v) is 6.27. The zero-order valence-corrected chi connectivity index (χ0v) is 12.6. The standard InChI is InChI=1S/C17H14N2O2S/c20-16(17(7-8-17)13-4-2-1-3-5-13)18-15-10-14(19-21-15)12-6-9-22-11-12/h1-6,9-11H,7-8H2,(H,18,20). The van der Waals surface area contributed by atoms with Crippen molar-refractivity contribution in [2.45, 2.75) is 18.3 Å². The Balaban J connectivity index is 1.53. The quantitative estimate of drug-likeness (QED) is 0.790. The number of benzene rings is 1. The fraction of sp³-hybridized carbons (Fsp3) is 0.176. The van der Waals surface area contributed by atoms with Crippen LogP contribution < -0.4 is 5.32 Å². The Morgan fingerprint density at radius 3 is 2.73 bits per heavy atom. The van der Waals surface area contributed by atoms with Gasteiger partial charge in [0.2, 0.25) is 11.8 Å². The summed E-state index contributed by atoms with van der Waals surface area (Å²) in [7, 11) is 0. The Hall–Kier alpha value is -2.40. The van der Waals surface area contributed by atoms with E-state index in [9.17, 15) is 4.79 Å². The fourth-order valence-electron chi connectivity index (χ4n) is 2.64. The molecule has 0 radical (unpaired) electrons. The Morgan fingerprint density at radius 2 is 2.05 bits per heavy atom. The molecule has 0 atom stereocenters. The molecule has 5 heteroatoms. The lowest BCUT2D eigenvalue weighted by Gasteiger charge is -2.13. The van der Waals surface area contributed by atoms with Gasteiger partial charge >= 0.3 is 0 Å². The summed E-state index contributed by atoms with van der Waals surface area (Å²) in [6.07, 6.45) is 1.74. The first-order chi connectivity index (χ1) is 10.8. The molecule has 3 aromatic rings. The summed E-state index contributed by atoms with van der Waals surface area (Å²) in [5, 5.41) is 10.8. The van der Waals surface area contributed by atoms with Gasteiger partial charge in [-0.15, -0.1) is 0 Å². The van der Waals surface area contributed by atoms with Crippen LogP contribution in [0.5, 0.6) is 0 Å². The number of anilines is 1. The van der Waals surface area contributed by atoms with Crippen molar-refractivity contribution < 1.29 is 9.32 Å². The molecule has 22 heavy (non-hydrogen) atoms. The summed E-state index contributed by atoms with van der Waals surface area (Å²) >= 11 is 1.60. The number of amides is 1. The van der Waals surface area contributed by atoms with E-state index >= 15 is 0 Å². The van der Waals surface area contributed by atoms with Crippen LogP contribution in [0.15, 0.2) is 57.7 Å². The lowest BCUT2D eigenvalue weighted by Crippen LogP contribution is -2.27. The summed E-state index contributed by atoms with van der Waals surface area (Å²) in [6, 6.07) is 13.6. The average molecular weight is 310 g/mol. The third kappa shape index (κ3) is 2.23. The van der Waals surface area contributed by atoms with Gasteiger partial charge < -0.3 is 4.52 Å². The molecule has 1 aliphatic carbocycles. The number of rotatable bonds is 4. The Morgan fingerprint density at radius 1 is 1.23 bits per heavy atom. The molecule has 0 bridgehead atoms. The van der Waals surface area contributed by atoms with Gasteiger partial charge in [0.25, 0.3) is 0 Å². The van der Waals surface area contributed by atoms with Gasteiger partial charge in [0.05, 0.1) is 5.41 Å². The molecule has 1 aromatic carbocycles. The first-order valence-corrected chi connectivity index (χ1v) is 8.08. The van der Waals surface area contributed by atoms with Gasteiger partial charge in [0.15, 0.2) is 0 Å². The predicted octanol–water partition coefficient (Wildman–Crippen LogP) is 4.07. The molecule has 4 nitrogen and oxygen atoms in total. The van der Waals surface area contributed by atoms with Gasteiger partial charge in [-0.05, 0) is 29.9 Å². The normalized spacial score (nSPS) is 15.5. The van der Waals surface area contributed by atoms with E-state index in [1.807, 2.05) is 47.2 Å². The number of carbonyl (C=O) groups excluding carboxylic acids is 1. The summed E-state index contributed by atoms with van der Waals surface area (Å²) < 4.78 is 5.24. The summed E-state index contributed by atoms with van der Waals surface area (Å²) in [5.41, 5.74) is 2.39. The van der Waals surface area contributed by atoms with E-state index in [-0.39, 0.29) is 5.91 Å². The largest absolute Gasteiger partial charge is 0.338 e. The molecule has 2 heterocycles. The van der Waals surface area contributed by atoms with Crippen LogP contribution >= 0.6 is 11.3 Å². The highest BCUT2D eigenvalue weighted by Crippen LogP contribution is 2.49. The third-order valence-corrected chi connectivity index (χ3v) is 4.76. The molecule has 1 saturated carbocycles. The summed E-state index contributed by atoms with van der Waals surface area (Å²) in [5.74, 6) is 0.375. The maximum atomic E-state index is 12.6. The maximum absolute atomic E-state index is 12.6. The van der Waals surface area contributed by atoms with Crippen molar-refractivity contribution in [3.63, 3.8) is 0 Å². The van der Waals surface area contributed by atoms with Crippen molar-refractivity contribution in [2.24, 2.45) is 0 Å². The van der Waals surface area contributed by atoms with E-state index < -0.39 is 5.41 Å². The number of nitrogens with zero attached hydrogens (tertiary/aromatic N) is 1. The van der Waals surface area contributed by atoms with Gasteiger partial charge in [0, 0.05) is 17.0 Å². The molecule has 0 aliphatic heterocycles. The van der Waals surface area contributed by atoms with Crippen LogP contribution in [0.2, 0.25) is 0 Å². The lowest BCUT2D eigenvalue weighted by atomic mass is 9.95. The molecule has 0 unspecified atom stereocenters. The number of nitrogens with one attached hydrogen (secondary N) is 1. The first kappa shape index (κ1) is 13.3. The highest BCUT2D eigenvalue weighted by Gasteiger charge is 2.51. The van der Waals surface area contributed by atoms with E-state index in [1.165, 1.54) is 0 Å². The van der Waals surface area contributed by atoms with E-state index in [1.54, 1.807) is 17.4 Å². The van der Waals surface area contributed by atoms with Crippen LogP contribution in [0.3, 0.4) is 0 Å². The minimum absolute atomic E-state index is 0.0216. The highest BCUT2D eigenvalue weighted by molar-refractivity contribution is 7.08. The number of thiophene rings is 1. The molecule has 1 N–H and O–H groups in total. The SMILES string of the molecule is O=C(Nc1cc(-c2ccsc2)no1)C1(c2ccccc2)CC1. The lowest BCUT2D eigenvalue weighted by molar-refractivity contribution is -0.118. The van der Waals surface area contributed by atoms with Crippen LogP contribution in [0.25, 0.3) is 11.3 Å². The predicted molar refractivity (Wildman–Crippen MR) is 85.8 cm³/mol. The second kappa shape index (κ2) is 5.10. The topological polar surface area (TPSA) is 55.1 Å². The van der Waals surface area contributed by atoms with Gasteiger partial charge in [-0.1, -0.05) is 35.5 Å². The molecule has 0 saturated heterocycles. The Kier molecular flexibility index (Phi) is 3.08. The number of aromatic nitrogens is 1. The molecule has 0 spiro atoms. The van der Waals surface area contributed by atoms with Crippen LogP contribution in [0, 0.1) is 0 Å². The monoisotopic (exact) mass is 310 g/mol. The third-order valence-electron chi connectivity index (χ3n) is 4.07. The molecule has 1 aliphatic rings. The molecule has 2 aromatic heterocycles. The molecule has 110 valence electrons. The van der Waals surface area contributed by atoms with E-state index in [2.05, 4.69) is 10.5 Å². The number of hydrogen-bond donors (Lipinski definition) is 1. The van der Waals surface area contributed by atoms with Crippen molar-refractivity contribution in [2.75, 3.05) is 5.32 Å². The zero-order valence-electron chi connectivity index (χ0n) is 11.8. The van der Waals surface area contributed by atoms with Crippen molar-refractivity contribution in [3.05, 3.63) is 58.8 Å². The van der Waals surface area contributed by atoms with Crippen molar-refractivity contribution in [1.29, 1.82) is 0 Å². The second-order valence-electron chi connectivity index (χ2n) is 5.49. The van der Waals surface area contributed by atoms with E-state index in [0.717, 1.165) is 29.7 Å². The summed E-state index contributed by atoms with van der Waals surface area (Å²) in [6.45, 7) is 0. The van der Waals surface area contributed by atoms with Crippen molar-refractivity contribution in [1.82, 2.24) is 5.16 Å². The van der Waals surface area contributed by atoms with Gasteiger partial charge in [-0.25, -0.2) is 0 Å². The van der Waals surface area contributed by atoms with Gasteiger partial charge in [-0.3, -0.25) is 10.1 Å². The number of hydrogen-bond acceptors (Lipinski definition) is 4. The van der Waals surface area contributed by atoms with Crippen LogP contribution in [0.1, 0.15) is 18.4 Å². The first-order valence-electron chi connectivity index (χ1n) is 7.14. The van der Waals surface area contributed by atoms with Crippen LogP contribution in [-0.2, 0) is 10.2 Å². The van der Waals surface area contributed by atoms with Crippen molar-refractivity contribution in [3.8, 4) is 11.3 Å². The van der Waals surface area contributed by atoms with Gasteiger partial charge in [0.1, 0.15) is 5.69 Å². The van der Waals surface area contributed by atoms with E-state index in [0.29, 0.717) is 5.88 Å². The highest BCUT2D eigenvalue weighted by atomic mass is 32.1. The molecule has 1 amide bonds. The zero-order chi connectivity index (χ0) is 15.0. The molecular formula is C17H14N2O2S. The van der Waals surface area contributed by atoms with Crippen LogP contribution in [0.4, 0.5) is 5.88 Å². The number of carbonyl (C=O) groups is 1. The van der Waals surface area contributed by atoms with Crippen LogP contribution in [-0.4, -0.2) is 11.1 Å². The average Bonchev–Trinajstić information content (AvgIpc) is 2.97. The molecular weight excluding hydrogens is 296 g/mol. The minimum atomic E-state index is -0.406. The maximum Gasteiger partial charge on any atom is 0.237 e. The Bertz CT molecular complexity index is 789. The fourth-order valence-corrected chi connectivity index (χ4v) is 3.29. The van der Waals surface area contributed by atoms with E-state index in [4.69, 9.17) is 4.52 Å². The molecule has 1 fully saturated rings. The van der Waals surface area contributed by atoms with Crippen molar-refractivity contribution >= 4 is 23.1 Å². The smallest absolute Gasteiger partial charge is 0.237 e. The molecule has 4 rings (SSSR count). The van der Waals surface area contributed by atoms with Gasteiger partial charge in [-0.2, -0.15) is 11.3 Å². The minimum Gasteiger partial charge on any atom is -0.338 e. The summed E-state index contributed by atoms with van der Waals surface area (Å²) in [4.78, 5) is 12.6.